The van der Waals surface area contributed by atoms with Crippen LogP contribution in [0.15, 0.2) is 47.3 Å². The minimum absolute atomic E-state index is 0.0341. The van der Waals surface area contributed by atoms with E-state index in [0.717, 1.165) is 29.1 Å². The predicted molar refractivity (Wildman–Crippen MR) is 82.6 cm³/mol. The summed E-state index contributed by atoms with van der Waals surface area (Å²) >= 11 is 6.35. The van der Waals surface area contributed by atoms with Crippen molar-refractivity contribution in [2.45, 2.75) is 32.0 Å². The van der Waals surface area contributed by atoms with Crippen LogP contribution in [0.1, 0.15) is 30.5 Å². The fourth-order valence-electron chi connectivity index (χ4n) is 2.50. The van der Waals surface area contributed by atoms with E-state index in [1.807, 2.05) is 30.3 Å². The molecule has 4 heteroatoms. The first-order valence-electron chi connectivity index (χ1n) is 6.84. The molecular weight excluding hydrogens is 272 g/mol. The maximum Gasteiger partial charge on any atom is 0.0947 e. The molecule has 20 heavy (non-hydrogen) atoms. The molecule has 0 saturated carbocycles. The number of benzene rings is 1. The lowest BCUT2D eigenvalue weighted by Crippen LogP contribution is -2.38. The van der Waals surface area contributed by atoms with Crippen molar-refractivity contribution in [2.24, 2.45) is 5.73 Å². The summed E-state index contributed by atoms with van der Waals surface area (Å²) in [6.45, 7) is 2.88. The van der Waals surface area contributed by atoms with Gasteiger partial charge in [0.1, 0.15) is 0 Å². The van der Waals surface area contributed by atoms with E-state index in [0.29, 0.717) is 0 Å². The minimum atomic E-state index is 0.0341. The van der Waals surface area contributed by atoms with Crippen LogP contribution in [0.4, 0.5) is 0 Å². The van der Waals surface area contributed by atoms with Gasteiger partial charge in [0.05, 0.1) is 18.6 Å². The topological polar surface area (TPSA) is 42.4 Å². The number of hydrogen-bond donors (Lipinski definition) is 1. The lowest BCUT2D eigenvalue weighted by Gasteiger charge is -2.33. The zero-order valence-electron chi connectivity index (χ0n) is 11.9. The number of furan rings is 1. The third-order valence-electron chi connectivity index (χ3n) is 3.59. The van der Waals surface area contributed by atoms with E-state index in [1.165, 1.54) is 0 Å². The summed E-state index contributed by atoms with van der Waals surface area (Å²) < 4.78 is 5.13. The van der Waals surface area contributed by atoms with Crippen LogP contribution in [0.5, 0.6) is 0 Å². The molecule has 0 fully saturated rings. The summed E-state index contributed by atoms with van der Waals surface area (Å²) in [4.78, 5) is 2.22. The van der Waals surface area contributed by atoms with E-state index in [9.17, 15) is 0 Å². The maximum absolute atomic E-state index is 6.35. The standard InChI is InChI=1S/C16H21ClN2O/c1-3-15(18)16(13-6-4-5-7-14(13)17)19(2)10-12-8-9-20-11-12/h4-9,11,15-16H,3,10,18H2,1-2H3. The van der Waals surface area contributed by atoms with E-state index in [4.69, 9.17) is 21.8 Å². The number of nitrogens with two attached hydrogens (primary N) is 1. The molecule has 0 radical (unpaired) electrons. The lowest BCUT2D eigenvalue weighted by atomic mass is 9.96. The Hall–Kier alpha value is -1.29. The van der Waals surface area contributed by atoms with Crippen LogP contribution < -0.4 is 5.73 Å². The summed E-state index contributed by atoms with van der Waals surface area (Å²) in [5.41, 5.74) is 8.53. The fourth-order valence-corrected chi connectivity index (χ4v) is 2.75. The van der Waals surface area contributed by atoms with E-state index in [1.54, 1.807) is 12.5 Å². The fraction of sp³-hybridized carbons (Fsp3) is 0.375. The molecular formula is C16H21ClN2O. The molecule has 1 heterocycles. The molecule has 108 valence electrons. The van der Waals surface area contributed by atoms with Gasteiger partial charge in [-0.1, -0.05) is 36.7 Å². The molecule has 1 aromatic carbocycles. The molecule has 2 N–H and O–H groups in total. The summed E-state index contributed by atoms with van der Waals surface area (Å²) in [6.07, 6.45) is 4.34. The monoisotopic (exact) mass is 292 g/mol. The molecule has 3 nitrogen and oxygen atoms in total. The zero-order chi connectivity index (χ0) is 14.5. The van der Waals surface area contributed by atoms with Gasteiger partial charge in [0.15, 0.2) is 0 Å². The number of nitrogens with zero attached hydrogens (tertiary/aromatic N) is 1. The van der Waals surface area contributed by atoms with E-state index < -0.39 is 0 Å². The largest absolute Gasteiger partial charge is 0.472 e. The van der Waals surface area contributed by atoms with Crippen LogP contribution in [-0.2, 0) is 6.54 Å². The highest BCUT2D eigenvalue weighted by atomic mass is 35.5. The van der Waals surface area contributed by atoms with E-state index in [2.05, 4.69) is 18.9 Å². The first kappa shape index (κ1) is 15.1. The zero-order valence-corrected chi connectivity index (χ0v) is 12.7. The highest BCUT2D eigenvalue weighted by Crippen LogP contribution is 2.30. The molecule has 0 aliphatic rings. The third kappa shape index (κ3) is 3.42. The molecule has 2 unspecified atom stereocenters. The highest BCUT2D eigenvalue weighted by Gasteiger charge is 2.25. The molecule has 2 aromatic rings. The SMILES string of the molecule is CCC(N)C(c1ccccc1Cl)N(C)Cc1ccoc1. The van der Waals surface area contributed by atoms with Crippen LogP contribution in [-0.4, -0.2) is 18.0 Å². The van der Waals surface area contributed by atoms with Gasteiger partial charge >= 0.3 is 0 Å². The van der Waals surface area contributed by atoms with Crippen molar-refractivity contribution in [3.63, 3.8) is 0 Å². The normalized spacial score (nSPS) is 14.4. The molecule has 1 aromatic heterocycles. The second-order valence-corrected chi connectivity index (χ2v) is 5.49. The average molecular weight is 293 g/mol. The van der Waals surface area contributed by atoms with E-state index >= 15 is 0 Å². The summed E-state index contributed by atoms with van der Waals surface area (Å²) in [5.74, 6) is 0. The number of likely N-dealkylation sites (N-methyl/N-ethyl adjacent to an activating group) is 1. The van der Waals surface area contributed by atoms with Gasteiger partial charge in [-0.05, 0) is 31.2 Å². The van der Waals surface area contributed by atoms with Gasteiger partial charge in [-0.3, -0.25) is 4.90 Å². The predicted octanol–water partition coefficient (Wildman–Crippen LogP) is 3.84. The average Bonchev–Trinajstić information content (AvgIpc) is 2.93. The number of rotatable bonds is 6. The van der Waals surface area contributed by atoms with Gasteiger partial charge in [0, 0.05) is 23.2 Å². The summed E-state index contributed by atoms with van der Waals surface area (Å²) in [7, 11) is 2.07. The van der Waals surface area contributed by atoms with Crippen LogP contribution >= 0.6 is 11.6 Å². The van der Waals surface area contributed by atoms with Crippen molar-refractivity contribution in [2.75, 3.05) is 7.05 Å². The quantitative estimate of drug-likeness (QED) is 0.879. The number of hydrogen-bond acceptors (Lipinski definition) is 3. The summed E-state index contributed by atoms with van der Waals surface area (Å²) in [5, 5.41) is 0.764. The van der Waals surface area contributed by atoms with Crippen molar-refractivity contribution in [3.8, 4) is 0 Å². The molecule has 0 amide bonds. The van der Waals surface area contributed by atoms with Crippen molar-refractivity contribution >= 4 is 11.6 Å². The van der Waals surface area contributed by atoms with Crippen LogP contribution in [0.3, 0.4) is 0 Å². The van der Waals surface area contributed by atoms with Crippen molar-refractivity contribution in [1.82, 2.24) is 4.90 Å². The smallest absolute Gasteiger partial charge is 0.0947 e. The molecule has 2 rings (SSSR count). The Labute approximate surface area is 125 Å². The molecule has 2 atom stereocenters. The van der Waals surface area contributed by atoms with Gasteiger partial charge < -0.3 is 10.2 Å². The van der Waals surface area contributed by atoms with Crippen molar-refractivity contribution in [3.05, 3.63) is 59.0 Å². The Kier molecular flexibility index (Phi) is 5.24. The van der Waals surface area contributed by atoms with E-state index in [-0.39, 0.29) is 12.1 Å². The molecule has 0 aliphatic carbocycles. The van der Waals surface area contributed by atoms with Gasteiger partial charge in [-0.25, -0.2) is 0 Å². The summed E-state index contributed by atoms with van der Waals surface area (Å²) in [6, 6.07) is 10.00. The molecule has 0 spiro atoms. The van der Waals surface area contributed by atoms with Crippen molar-refractivity contribution < 1.29 is 4.42 Å². The first-order chi connectivity index (χ1) is 9.63. The lowest BCUT2D eigenvalue weighted by molar-refractivity contribution is 0.201. The van der Waals surface area contributed by atoms with Gasteiger partial charge in [-0.2, -0.15) is 0 Å². The third-order valence-corrected chi connectivity index (χ3v) is 3.93. The Morgan fingerprint density at radius 2 is 2.05 bits per heavy atom. The van der Waals surface area contributed by atoms with Gasteiger partial charge in [-0.15, -0.1) is 0 Å². The maximum atomic E-state index is 6.35. The highest BCUT2D eigenvalue weighted by molar-refractivity contribution is 6.31. The second kappa shape index (κ2) is 6.93. The Bertz CT molecular complexity index is 527. The molecule has 0 aliphatic heterocycles. The van der Waals surface area contributed by atoms with Gasteiger partial charge in [0.2, 0.25) is 0 Å². The van der Waals surface area contributed by atoms with Crippen LogP contribution in [0.25, 0.3) is 0 Å². The molecule has 0 saturated heterocycles. The van der Waals surface area contributed by atoms with Gasteiger partial charge in [0.25, 0.3) is 0 Å². The Morgan fingerprint density at radius 1 is 1.30 bits per heavy atom. The minimum Gasteiger partial charge on any atom is -0.472 e. The van der Waals surface area contributed by atoms with Crippen molar-refractivity contribution in [1.29, 1.82) is 0 Å². The second-order valence-electron chi connectivity index (χ2n) is 5.09. The van der Waals surface area contributed by atoms with Crippen LogP contribution in [0.2, 0.25) is 5.02 Å². The Morgan fingerprint density at radius 3 is 2.65 bits per heavy atom. The number of halogens is 1. The Balaban J connectivity index is 2.25. The first-order valence-corrected chi connectivity index (χ1v) is 7.22. The molecule has 0 bridgehead atoms. The van der Waals surface area contributed by atoms with Crippen LogP contribution in [0, 0.1) is 0 Å².